The van der Waals surface area contributed by atoms with Crippen LogP contribution in [-0.4, -0.2) is 38.6 Å². The van der Waals surface area contributed by atoms with Crippen LogP contribution < -0.4 is 169 Å². The number of fused-ring (bicyclic) bond motifs is 1. The number of aromatic nitrogens is 2. The number of para-hydroxylation sites is 2. The summed E-state index contributed by atoms with van der Waals surface area (Å²) in [7, 11) is 0. The maximum Gasteiger partial charge on any atom is 1.00 e. The number of carboxylic acid groups (broad SMARTS) is 3. The van der Waals surface area contributed by atoms with Gasteiger partial charge in [0.15, 0.2) is 0 Å². The Morgan fingerprint density at radius 1 is 1.00 bits per heavy atom. The predicted octanol–water partition coefficient (Wildman–Crippen LogP) is -12.7. The summed E-state index contributed by atoms with van der Waals surface area (Å²) in [5.41, 5.74) is -0.854. The number of hydrogen-bond donors (Lipinski definition) is 2. The van der Waals surface area contributed by atoms with E-state index in [4.69, 9.17) is 5.11 Å². The summed E-state index contributed by atoms with van der Waals surface area (Å²) in [5.74, 6) is -5.98. The van der Waals surface area contributed by atoms with Gasteiger partial charge >= 0.3 is 154 Å². The van der Waals surface area contributed by atoms with Crippen molar-refractivity contribution in [3.8, 4) is 0 Å². The van der Waals surface area contributed by atoms with Crippen molar-refractivity contribution in [3.05, 3.63) is 30.6 Å². The van der Waals surface area contributed by atoms with E-state index in [0.29, 0.717) is 0 Å². The van der Waals surface area contributed by atoms with Crippen LogP contribution in [0.25, 0.3) is 11.0 Å². The van der Waals surface area contributed by atoms with Gasteiger partial charge < -0.3 is 39.8 Å². The molecule has 0 atom stereocenters. The van der Waals surface area contributed by atoms with Crippen molar-refractivity contribution in [3.63, 3.8) is 0 Å². The molecule has 0 saturated carbocycles. The molecule has 25 heavy (non-hydrogen) atoms. The van der Waals surface area contributed by atoms with E-state index in [1.165, 1.54) is 0 Å². The van der Waals surface area contributed by atoms with Crippen molar-refractivity contribution >= 4 is 28.9 Å². The molecule has 12 heteroatoms. The molecule has 2 rings (SSSR count). The molecule has 9 nitrogen and oxygen atoms in total. The topological polar surface area (TPSA) is 169 Å². The summed E-state index contributed by atoms with van der Waals surface area (Å²) >= 11 is 0. The van der Waals surface area contributed by atoms with E-state index in [-0.39, 0.29) is 154 Å². The standard InChI is InChI=1S/C7H6N2.C6H8O7.3K/c1-2-4-7-6(3-1)8-5-9-7;7-3(8)1-6(13,5(11)12)2-4(9)10;;;/h1-5H,(H,8,9);13H,1-2H2,(H,7,8)(H,9,10)(H,11,12);;;/q;;3*+1/p-3. The summed E-state index contributed by atoms with van der Waals surface area (Å²) in [6, 6.07) is 7.94. The molecule has 2 aromatic rings. The molecular weight excluding hydrogens is 413 g/mol. The number of aliphatic carboxylic acids is 3. The second-order valence-corrected chi connectivity index (χ2v) is 4.34. The number of hydrogen-bond acceptors (Lipinski definition) is 8. The van der Waals surface area contributed by atoms with E-state index in [0.717, 1.165) is 11.0 Å². The quantitative estimate of drug-likeness (QED) is 0.446. The Balaban J connectivity index is -0.000000357. The van der Waals surface area contributed by atoms with Crippen LogP contribution in [0.2, 0.25) is 0 Å². The molecule has 118 valence electrons. The molecule has 0 aliphatic carbocycles. The van der Waals surface area contributed by atoms with Crippen molar-refractivity contribution in [2.45, 2.75) is 18.4 Å². The second kappa shape index (κ2) is 15.8. The van der Waals surface area contributed by atoms with Gasteiger partial charge in [-0.1, -0.05) is 12.1 Å². The smallest absolute Gasteiger partial charge is 0.550 e. The molecule has 0 unspecified atom stereocenters. The number of nitrogens with zero attached hydrogens (tertiary/aromatic N) is 1. The fraction of sp³-hybridized carbons (Fsp3) is 0.231. The van der Waals surface area contributed by atoms with Crippen molar-refractivity contribution in [1.82, 2.24) is 9.97 Å². The monoisotopic (exact) mass is 424 g/mol. The number of imidazole rings is 1. The first-order valence-electron chi connectivity index (χ1n) is 5.96. The largest absolute Gasteiger partial charge is 1.00 e. The first-order chi connectivity index (χ1) is 10.2. The van der Waals surface area contributed by atoms with Crippen LogP contribution in [-0.2, 0) is 14.4 Å². The molecule has 1 aromatic heterocycles. The van der Waals surface area contributed by atoms with Crippen molar-refractivity contribution in [1.29, 1.82) is 0 Å². The van der Waals surface area contributed by atoms with Crippen LogP contribution in [0, 0.1) is 0 Å². The average molecular weight is 425 g/mol. The summed E-state index contributed by atoms with van der Waals surface area (Å²) in [5, 5.41) is 38.9. The summed E-state index contributed by atoms with van der Waals surface area (Å²) in [4.78, 5) is 37.1. The fourth-order valence-electron chi connectivity index (χ4n) is 1.56. The third-order valence-electron chi connectivity index (χ3n) is 2.58. The Morgan fingerprint density at radius 2 is 1.48 bits per heavy atom. The zero-order valence-corrected chi connectivity index (χ0v) is 23.5. The van der Waals surface area contributed by atoms with Gasteiger partial charge in [0, 0.05) is 24.8 Å². The van der Waals surface area contributed by atoms with Gasteiger partial charge in [-0.15, -0.1) is 0 Å². The summed E-state index contributed by atoms with van der Waals surface area (Å²) in [6.07, 6.45) is -1.02. The number of H-pyrrole nitrogens is 1. The molecule has 0 bridgehead atoms. The molecule has 0 radical (unpaired) electrons. The number of nitrogens with one attached hydrogen (secondary N) is 1. The zero-order valence-electron chi connectivity index (χ0n) is 14.1. The number of carbonyl (C=O) groups excluding carboxylic acids is 3. The van der Waals surface area contributed by atoms with Crippen LogP contribution in [0.4, 0.5) is 0 Å². The number of aliphatic hydroxyl groups is 1. The Labute approximate surface area is 270 Å². The maximum atomic E-state index is 10.1. The first kappa shape index (κ1) is 31.7. The molecule has 1 heterocycles. The van der Waals surface area contributed by atoms with E-state index in [1.54, 1.807) is 6.33 Å². The number of carbonyl (C=O) groups is 3. The van der Waals surface area contributed by atoms with Crippen molar-refractivity contribution in [2.24, 2.45) is 0 Å². The Kier molecular flexibility index (Phi) is 20.1. The first-order valence-corrected chi connectivity index (χ1v) is 5.96. The van der Waals surface area contributed by atoms with Gasteiger partial charge in [-0.05, 0) is 12.1 Å². The van der Waals surface area contributed by atoms with E-state index < -0.39 is 36.4 Å². The van der Waals surface area contributed by atoms with E-state index in [1.807, 2.05) is 24.3 Å². The molecule has 0 aliphatic rings. The molecule has 2 N–H and O–H groups in total. The minimum Gasteiger partial charge on any atom is -0.550 e. The summed E-state index contributed by atoms with van der Waals surface area (Å²) in [6.45, 7) is 0. The van der Waals surface area contributed by atoms with Crippen LogP contribution in [0.1, 0.15) is 12.8 Å². The molecule has 0 amide bonds. The van der Waals surface area contributed by atoms with Gasteiger partial charge in [0.05, 0.1) is 23.3 Å². The van der Waals surface area contributed by atoms with Gasteiger partial charge in [-0.25, -0.2) is 4.98 Å². The van der Waals surface area contributed by atoms with E-state index in [9.17, 15) is 29.7 Å². The van der Waals surface area contributed by atoms with Gasteiger partial charge in [0.2, 0.25) is 0 Å². The summed E-state index contributed by atoms with van der Waals surface area (Å²) < 4.78 is 0. The van der Waals surface area contributed by atoms with Gasteiger partial charge in [0.1, 0.15) is 5.60 Å². The molecule has 0 spiro atoms. The number of rotatable bonds is 5. The number of aromatic amines is 1. The fourth-order valence-corrected chi connectivity index (χ4v) is 1.56. The average Bonchev–Trinajstić information content (AvgIpc) is 2.85. The molecule has 0 fully saturated rings. The van der Waals surface area contributed by atoms with E-state index >= 15 is 0 Å². The van der Waals surface area contributed by atoms with Gasteiger partial charge in [0.25, 0.3) is 0 Å². The Morgan fingerprint density at radius 3 is 1.88 bits per heavy atom. The normalized spacial score (nSPS) is 9.32. The SMILES string of the molecule is O=C([O-])CC(O)(CC(=O)[O-])C(=O)[O-].[K+].[K+].[K+].c1ccc2[nH]cnc2c1. The van der Waals surface area contributed by atoms with Gasteiger partial charge in [-0.3, -0.25) is 0 Å². The third-order valence-corrected chi connectivity index (χ3v) is 2.58. The van der Waals surface area contributed by atoms with Crippen LogP contribution >= 0.6 is 0 Å². The Bertz CT molecular complexity index is 647. The molecule has 0 saturated heterocycles. The molecule has 1 aromatic carbocycles. The van der Waals surface area contributed by atoms with Gasteiger partial charge in [-0.2, -0.15) is 0 Å². The minimum atomic E-state index is -2.97. The van der Waals surface area contributed by atoms with Crippen LogP contribution in [0.15, 0.2) is 30.6 Å². The van der Waals surface area contributed by atoms with Crippen LogP contribution in [0.3, 0.4) is 0 Å². The van der Waals surface area contributed by atoms with Crippen molar-refractivity contribution < 1.29 is 189 Å². The predicted molar refractivity (Wildman–Crippen MR) is 65.3 cm³/mol. The number of benzene rings is 1. The molecule has 0 aliphatic heterocycles. The van der Waals surface area contributed by atoms with E-state index in [2.05, 4.69) is 9.97 Å². The van der Waals surface area contributed by atoms with Crippen LogP contribution in [0.5, 0.6) is 0 Å². The third kappa shape index (κ3) is 12.2. The Hall–Kier alpha value is 1.97. The number of carboxylic acids is 3. The minimum absolute atomic E-state index is 0. The second-order valence-electron chi connectivity index (χ2n) is 4.34. The van der Waals surface area contributed by atoms with Crippen molar-refractivity contribution in [2.75, 3.05) is 0 Å². The molecular formula is C13H11K3N2O7. The maximum absolute atomic E-state index is 10.1. The zero-order chi connectivity index (χ0) is 16.8.